The van der Waals surface area contributed by atoms with Crippen LogP contribution in [0.2, 0.25) is 5.02 Å². The smallest absolute Gasteiger partial charge is 0.270 e. The number of ether oxygens (including phenoxy) is 1. The first-order valence-corrected chi connectivity index (χ1v) is 5.93. The van der Waals surface area contributed by atoms with E-state index in [4.69, 9.17) is 16.3 Å². The number of Topliss-reactive ketones (excluding diaryl/α,β-unsaturated/α-hetero) is 1. The Balaban J connectivity index is 2.71. The van der Waals surface area contributed by atoms with Crippen molar-refractivity contribution in [1.29, 1.82) is 0 Å². The molecule has 0 saturated heterocycles. The summed E-state index contributed by atoms with van der Waals surface area (Å²) in [5, 5.41) is 0.405. The van der Waals surface area contributed by atoms with Crippen molar-refractivity contribution in [3.05, 3.63) is 22.7 Å². The fourth-order valence-electron chi connectivity index (χ4n) is 2.01. The number of likely N-dealkylation sites (N-methyl/N-ethyl adjacent to an activating group) is 1. The number of ketones is 1. The molecule has 0 radical (unpaired) electrons. The van der Waals surface area contributed by atoms with Crippen molar-refractivity contribution in [2.45, 2.75) is 26.4 Å². The number of amides is 1. The Morgan fingerprint density at radius 3 is 2.56 bits per heavy atom. The van der Waals surface area contributed by atoms with Crippen LogP contribution >= 0.6 is 11.6 Å². The van der Waals surface area contributed by atoms with E-state index >= 15 is 0 Å². The molecule has 1 aliphatic heterocycles. The molecule has 1 amide bonds. The Morgan fingerprint density at radius 2 is 2.00 bits per heavy atom. The second-order valence-corrected chi connectivity index (χ2v) is 5.27. The van der Waals surface area contributed by atoms with Gasteiger partial charge in [0.25, 0.3) is 5.91 Å². The summed E-state index contributed by atoms with van der Waals surface area (Å²) in [6.45, 7) is 4.79. The van der Waals surface area contributed by atoms with E-state index in [0.717, 1.165) is 0 Å². The lowest BCUT2D eigenvalue weighted by atomic mass is 10.0. The molecule has 1 aromatic carbocycles. The minimum absolute atomic E-state index is 0.146. The van der Waals surface area contributed by atoms with Gasteiger partial charge in [-0.25, -0.2) is 0 Å². The van der Waals surface area contributed by atoms with Crippen molar-refractivity contribution in [2.24, 2.45) is 0 Å². The van der Waals surface area contributed by atoms with Gasteiger partial charge >= 0.3 is 0 Å². The molecule has 5 heteroatoms. The Bertz CT molecular complexity index is 551. The molecule has 0 N–H and O–H groups in total. The molecule has 1 heterocycles. The molecule has 0 saturated carbocycles. The number of benzene rings is 1. The van der Waals surface area contributed by atoms with Crippen LogP contribution in [0.4, 0.5) is 5.69 Å². The average Bonchev–Trinajstić information content (AvgIpc) is 2.26. The van der Waals surface area contributed by atoms with Gasteiger partial charge in [-0.1, -0.05) is 11.6 Å². The molecule has 1 aliphatic rings. The van der Waals surface area contributed by atoms with E-state index in [1.54, 1.807) is 33.0 Å². The summed E-state index contributed by atoms with van der Waals surface area (Å²) in [7, 11) is 1.64. The summed E-state index contributed by atoms with van der Waals surface area (Å²) in [4.78, 5) is 25.2. The zero-order valence-corrected chi connectivity index (χ0v) is 11.5. The minimum atomic E-state index is -0.986. The number of hydrogen-bond donors (Lipinski definition) is 0. The summed E-state index contributed by atoms with van der Waals surface area (Å²) in [5.41, 5.74) is -0.0679. The average molecular weight is 268 g/mol. The maximum Gasteiger partial charge on any atom is 0.270 e. The molecule has 1 aromatic rings. The third kappa shape index (κ3) is 1.86. The molecule has 0 aliphatic carbocycles. The standard InChI is InChI=1S/C13H14ClNO3/c1-7(16)9-5-8(14)6-10-11(9)18-13(2,3)12(17)15(10)4/h5-6H,1-4H3. The normalized spacial score (nSPS) is 17.2. The van der Waals surface area contributed by atoms with Gasteiger partial charge in [-0.2, -0.15) is 0 Å². The van der Waals surface area contributed by atoms with Crippen molar-refractivity contribution < 1.29 is 14.3 Å². The van der Waals surface area contributed by atoms with Gasteiger partial charge in [0, 0.05) is 12.1 Å². The third-order valence-corrected chi connectivity index (χ3v) is 3.17. The Morgan fingerprint density at radius 1 is 1.39 bits per heavy atom. The summed E-state index contributed by atoms with van der Waals surface area (Å²) in [6, 6.07) is 3.18. The van der Waals surface area contributed by atoms with Crippen LogP contribution in [0.25, 0.3) is 0 Å². The van der Waals surface area contributed by atoms with Crippen LogP contribution in [0, 0.1) is 0 Å². The number of rotatable bonds is 1. The van der Waals surface area contributed by atoms with Gasteiger partial charge in [0.05, 0.1) is 11.3 Å². The lowest BCUT2D eigenvalue weighted by molar-refractivity contribution is -0.132. The molecule has 96 valence electrons. The Kier molecular flexibility index (Phi) is 2.86. The van der Waals surface area contributed by atoms with Gasteiger partial charge in [-0.05, 0) is 32.9 Å². The van der Waals surface area contributed by atoms with Crippen LogP contribution in [0.1, 0.15) is 31.1 Å². The van der Waals surface area contributed by atoms with Crippen molar-refractivity contribution in [2.75, 3.05) is 11.9 Å². The van der Waals surface area contributed by atoms with E-state index in [1.807, 2.05) is 0 Å². The number of hydrogen-bond acceptors (Lipinski definition) is 3. The summed E-state index contributed by atoms with van der Waals surface area (Å²) in [5.74, 6) is 0.0954. The second-order valence-electron chi connectivity index (χ2n) is 4.83. The van der Waals surface area contributed by atoms with Crippen LogP contribution in [-0.4, -0.2) is 24.3 Å². The zero-order chi connectivity index (χ0) is 13.7. The molecule has 0 fully saturated rings. The fraction of sp³-hybridized carbons (Fsp3) is 0.385. The van der Waals surface area contributed by atoms with Crippen molar-refractivity contribution in [3.63, 3.8) is 0 Å². The highest BCUT2D eigenvalue weighted by atomic mass is 35.5. The van der Waals surface area contributed by atoms with E-state index in [2.05, 4.69) is 0 Å². The maximum absolute atomic E-state index is 12.1. The van der Waals surface area contributed by atoms with E-state index in [0.29, 0.717) is 22.0 Å². The fourth-order valence-corrected chi connectivity index (χ4v) is 2.22. The van der Waals surface area contributed by atoms with Gasteiger partial charge in [-0.3, -0.25) is 9.59 Å². The quantitative estimate of drug-likeness (QED) is 0.735. The van der Waals surface area contributed by atoms with E-state index in [1.165, 1.54) is 11.8 Å². The van der Waals surface area contributed by atoms with E-state index < -0.39 is 5.60 Å². The first-order valence-electron chi connectivity index (χ1n) is 5.55. The van der Waals surface area contributed by atoms with Crippen LogP contribution in [0.15, 0.2) is 12.1 Å². The van der Waals surface area contributed by atoms with Crippen molar-refractivity contribution in [1.82, 2.24) is 0 Å². The highest BCUT2D eigenvalue weighted by Gasteiger charge is 2.40. The first kappa shape index (κ1) is 12.9. The van der Waals surface area contributed by atoms with Gasteiger partial charge in [0.1, 0.15) is 0 Å². The number of carbonyl (C=O) groups excluding carboxylic acids is 2. The number of carbonyl (C=O) groups is 2. The van der Waals surface area contributed by atoms with Crippen molar-refractivity contribution in [3.8, 4) is 5.75 Å². The summed E-state index contributed by atoms with van der Waals surface area (Å²) >= 11 is 5.96. The SMILES string of the molecule is CC(=O)c1cc(Cl)cc2c1OC(C)(C)C(=O)N2C. The number of halogens is 1. The number of anilines is 1. The summed E-state index contributed by atoms with van der Waals surface area (Å²) < 4.78 is 5.68. The predicted octanol–water partition coefficient (Wildman–Crippen LogP) is 2.68. The topological polar surface area (TPSA) is 46.6 Å². The lowest BCUT2D eigenvalue weighted by Crippen LogP contribution is -2.51. The Labute approximate surface area is 110 Å². The zero-order valence-electron chi connectivity index (χ0n) is 10.7. The maximum atomic E-state index is 12.1. The molecule has 0 bridgehead atoms. The number of fused-ring (bicyclic) bond motifs is 1. The molecular formula is C13H14ClNO3. The molecule has 4 nitrogen and oxygen atoms in total. The monoisotopic (exact) mass is 267 g/mol. The molecule has 18 heavy (non-hydrogen) atoms. The van der Waals surface area contributed by atoms with E-state index in [-0.39, 0.29) is 11.7 Å². The number of nitrogens with zero attached hydrogens (tertiary/aromatic N) is 1. The predicted molar refractivity (Wildman–Crippen MR) is 69.6 cm³/mol. The van der Waals surface area contributed by atoms with Gasteiger partial charge < -0.3 is 9.64 Å². The third-order valence-electron chi connectivity index (χ3n) is 2.95. The molecule has 0 aromatic heterocycles. The van der Waals surface area contributed by atoms with Gasteiger partial charge in [-0.15, -0.1) is 0 Å². The van der Waals surface area contributed by atoms with E-state index in [9.17, 15) is 9.59 Å². The Hall–Kier alpha value is -1.55. The summed E-state index contributed by atoms with van der Waals surface area (Å²) in [6.07, 6.45) is 0. The largest absolute Gasteiger partial charge is 0.475 e. The molecule has 0 unspecified atom stereocenters. The lowest BCUT2D eigenvalue weighted by Gasteiger charge is -2.37. The minimum Gasteiger partial charge on any atom is -0.475 e. The molecule has 0 atom stereocenters. The highest BCUT2D eigenvalue weighted by Crippen LogP contribution is 2.41. The van der Waals surface area contributed by atoms with Crippen LogP contribution in [0.3, 0.4) is 0 Å². The van der Waals surface area contributed by atoms with Crippen molar-refractivity contribution >= 4 is 29.0 Å². The first-order chi connectivity index (χ1) is 8.24. The second kappa shape index (κ2) is 3.99. The van der Waals surface area contributed by atoms with Gasteiger partial charge in [0.15, 0.2) is 17.1 Å². The molecule has 2 rings (SSSR count). The van der Waals surface area contributed by atoms with Crippen LogP contribution in [-0.2, 0) is 4.79 Å². The van der Waals surface area contributed by atoms with Gasteiger partial charge in [0.2, 0.25) is 0 Å². The molecule has 0 spiro atoms. The van der Waals surface area contributed by atoms with Crippen LogP contribution in [0.5, 0.6) is 5.75 Å². The van der Waals surface area contributed by atoms with Crippen LogP contribution < -0.4 is 9.64 Å². The molecular weight excluding hydrogens is 254 g/mol. The highest BCUT2D eigenvalue weighted by molar-refractivity contribution is 6.31.